The van der Waals surface area contributed by atoms with E-state index in [1.54, 1.807) is 24.3 Å². The third-order valence-corrected chi connectivity index (χ3v) is 3.93. The van der Waals surface area contributed by atoms with Crippen LogP contribution in [0.5, 0.6) is 11.5 Å². The largest absolute Gasteiger partial charge is 0.573 e. The fraction of sp³-hybridized carbons (Fsp3) is 0.316. The van der Waals surface area contributed by atoms with Gasteiger partial charge in [0.05, 0.1) is 11.7 Å². The number of benzene rings is 2. The van der Waals surface area contributed by atoms with Gasteiger partial charge in [0, 0.05) is 12.3 Å². The summed E-state index contributed by atoms with van der Waals surface area (Å²) in [5.74, 6) is -0.370. The van der Waals surface area contributed by atoms with Gasteiger partial charge in [-0.2, -0.15) is 0 Å². The van der Waals surface area contributed by atoms with Crippen LogP contribution in [0.3, 0.4) is 0 Å². The molecular weight excluding hydrogens is 363 g/mol. The summed E-state index contributed by atoms with van der Waals surface area (Å²) in [4.78, 5) is 12.5. The number of amides is 1. The number of carbonyl (C=O) groups excluding carboxylic acids is 1. The fourth-order valence-electron chi connectivity index (χ4n) is 2.68. The lowest BCUT2D eigenvalue weighted by atomic mass is 10.1. The van der Waals surface area contributed by atoms with Crippen molar-refractivity contribution in [3.05, 3.63) is 54.1 Å². The Morgan fingerprint density at radius 2 is 1.89 bits per heavy atom. The summed E-state index contributed by atoms with van der Waals surface area (Å²) in [6, 6.07) is 11.7. The number of alkyl halides is 3. The van der Waals surface area contributed by atoms with Gasteiger partial charge < -0.3 is 19.5 Å². The molecule has 1 aliphatic heterocycles. The van der Waals surface area contributed by atoms with Crippen LogP contribution in [0.1, 0.15) is 23.2 Å². The summed E-state index contributed by atoms with van der Waals surface area (Å²) >= 11 is 0. The van der Waals surface area contributed by atoms with E-state index in [1.165, 1.54) is 12.1 Å². The second-order valence-corrected chi connectivity index (χ2v) is 5.97. The van der Waals surface area contributed by atoms with Gasteiger partial charge in [-0.05, 0) is 49.2 Å². The van der Waals surface area contributed by atoms with Crippen LogP contribution in [-0.4, -0.2) is 31.6 Å². The van der Waals surface area contributed by atoms with Crippen LogP contribution in [0, 0.1) is 0 Å². The number of carbonyl (C=O) groups is 1. The highest BCUT2D eigenvalue weighted by Gasteiger charge is 2.31. The minimum atomic E-state index is -4.76. The molecule has 1 amide bonds. The van der Waals surface area contributed by atoms with Crippen molar-refractivity contribution >= 4 is 11.6 Å². The molecule has 2 aromatic rings. The first-order chi connectivity index (χ1) is 12.9. The smallest absolute Gasteiger partial charge is 0.490 e. The number of halogens is 3. The molecule has 8 heteroatoms. The van der Waals surface area contributed by atoms with Gasteiger partial charge in [-0.3, -0.25) is 4.79 Å². The normalized spacial score (nSPS) is 16.8. The van der Waals surface area contributed by atoms with E-state index in [4.69, 9.17) is 9.47 Å². The van der Waals surface area contributed by atoms with E-state index in [1.807, 2.05) is 0 Å². The molecule has 27 heavy (non-hydrogen) atoms. The van der Waals surface area contributed by atoms with Crippen molar-refractivity contribution in [3.63, 3.8) is 0 Å². The number of para-hydroxylation sites is 1. The maximum absolute atomic E-state index is 12.5. The molecule has 0 unspecified atom stereocenters. The summed E-state index contributed by atoms with van der Waals surface area (Å²) in [6.45, 7) is 1.07. The Balaban J connectivity index is 1.63. The van der Waals surface area contributed by atoms with Gasteiger partial charge in [-0.25, -0.2) is 0 Å². The third kappa shape index (κ3) is 5.62. The minimum Gasteiger partial charge on any atom is -0.490 e. The summed E-state index contributed by atoms with van der Waals surface area (Å²) < 4.78 is 51.6. The summed E-state index contributed by atoms with van der Waals surface area (Å²) in [7, 11) is 0. The van der Waals surface area contributed by atoms with Gasteiger partial charge in [0.1, 0.15) is 18.1 Å². The molecule has 144 valence electrons. The number of ether oxygens (including phenoxy) is 3. The first-order valence-electron chi connectivity index (χ1n) is 8.41. The fourth-order valence-corrected chi connectivity index (χ4v) is 2.68. The van der Waals surface area contributed by atoms with E-state index in [2.05, 4.69) is 10.1 Å². The van der Waals surface area contributed by atoms with Crippen LogP contribution in [-0.2, 0) is 4.74 Å². The third-order valence-electron chi connectivity index (χ3n) is 3.93. The highest BCUT2D eigenvalue weighted by Crippen LogP contribution is 2.25. The van der Waals surface area contributed by atoms with Crippen molar-refractivity contribution < 1.29 is 32.2 Å². The van der Waals surface area contributed by atoms with Crippen molar-refractivity contribution in [1.82, 2.24) is 0 Å². The van der Waals surface area contributed by atoms with Gasteiger partial charge in [0.25, 0.3) is 5.91 Å². The Kier molecular flexibility index (Phi) is 5.85. The Bertz CT molecular complexity index is 771. The molecular formula is C19H18F3NO4. The van der Waals surface area contributed by atoms with Crippen LogP contribution < -0.4 is 14.8 Å². The van der Waals surface area contributed by atoms with Gasteiger partial charge in [-0.1, -0.05) is 12.1 Å². The maximum Gasteiger partial charge on any atom is 0.573 e. The van der Waals surface area contributed by atoms with Crippen LogP contribution >= 0.6 is 0 Å². The topological polar surface area (TPSA) is 56.8 Å². The van der Waals surface area contributed by atoms with E-state index >= 15 is 0 Å². The predicted octanol–water partition coefficient (Wildman–Crippen LogP) is 4.40. The summed E-state index contributed by atoms with van der Waals surface area (Å²) in [5, 5.41) is 2.63. The monoisotopic (exact) mass is 381 g/mol. The van der Waals surface area contributed by atoms with Crippen LogP contribution in [0.25, 0.3) is 0 Å². The quantitative estimate of drug-likeness (QED) is 0.806. The van der Waals surface area contributed by atoms with Crippen LogP contribution in [0.4, 0.5) is 18.9 Å². The molecule has 0 saturated carbocycles. The summed E-state index contributed by atoms with van der Waals surface area (Å²) in [5.41, 5.74) is 0.662. The zero-order chi connectivity index (χ0) is 19.3. The average molecular weight is 381 g/mol. The molecule has 0 bridgehead atoms. The van der Waals surface area contributed by atoms with Gasteiger partial charge in [-0.15, -0.1) is 13.2 Å². The molecule has 0 aliphatic carbocycles. The highest BCUT2D eigenvalue weighted by molar-refractivity contribution is 6.06. The Morgan fingerprint density at radius 3 is 2.56 bits per heavy atom. The first kappa shape index (κ1) is 19.0. The van der Waals surface area contributed by atoms with E-state index in [0.29, 0.717) is 30.2 Å². The number of nitrogens with one attached hydrogen (secondary N) is 1. The number of anilines is 1. The van der Waals surface area contributed by atoms with E-state index < -0.39 is 12.3 Å². The molecule has 1 aliphatic rings. The predicted molar refractivity (Wildman–Crippen MR) is 92.0 cm³/mol. The second-order valence-electron chi connectivity index (χ2n) is 5.97. The number of hydrogen-bond donors (Lipinski definition) is 1. The van der Waals surface area contributed by atoms with Gasteiger partial charge >= 0.3 is 6.36 Å². The lowest BCUT2D eigenvalue weighted by molar-refractivity contribution is -0.274. The molecule has 5 nitrogen and oxygen atoms in total. The molecule has 1 fully saturated rings. The highest BCUT2D eigenvalue weighted by atomic mass is 19.4. The Hall–Kier alpha value is -2.74. The van der Waals surface area contributed by atoms with Crippen molar-refractivity contribution in [2.45, 2.75) is 25.3 Å². The average Bonchev–Trinajstić information content (AvgIpc) is 3.14. The van der Waals surface area contributed by atoms with Crippen molar-refractivity contribution in [3.8, 4) is 11.5 Å². The number of rotatable bonds is 6. The van der Waals surface area contributed by atoms with Crippen molar-refractivity contribution in [1.29, 1.82) is 0 Å². The SMILES string of the molecule is O=C(Nc1ccc(OC(F)(F)F)cc1)c1ccccc1OC[C@H]1CCCO1. The van der Waals surface area contributed by atoms with Crippen molar-refractivity contribution in [2.24, 2.45) is 0 Å². The second kappa shape index (κ2) is 8.30. The zero-order valence-electron chi connectivity index (χ0n) is 14.3. The van der Waals surface area contributed by atoms with Crippen molar-refractivity contribution in [2.75, 3.05) is 18.5 Å². The van der Waals surface area contributed by atoms with Gasteiger partial charge in [0.15, 0.2) is 0 Å². The van der Waals surface area contributed by atoms with E-state index in [0.717, 1.165) is 25.0 Å². The van der Waals surface area contributed by atoms with Gasteiger partial charge in [0.2, 0.25) is 0 Å². The van der Waals surface area contributed by atoms with Crippen LogP contribution in [0.15, 0.2) is 48.5 Å². The Morgan fingerprint density at radius 1 is 1.15 bits per heavy atom. The maximum atomic E-state index is 12.5. The molecule has 1 saturated heterocycles. The molecule has 0 spiro atoms. The minimum absolute atomic E-state index is 0.0160. The number of hydrogen-bond acceptors (Lipinski definition) is 4. The first-order valence-corrected chi connectivity index (χ1v) is 8.41. The summed E-state index contributed by atoms with van der Waals surface area (Å²) in [6.07, 6.45) is -2.84. The van der Waals surface area contributed by atoms with E-state index in [-0.39, 0.29) is 11.9 Å². The molecule has 1 N–H and O–H groups in total. The molecule has 1 heterocycles. The standard InChI is InChI=1S/C19H18F3NO4/c20-19(21,22)27-14-9-7-13(8-10-14)23-18(24)16-5-1-2-6-17(16)26-12-15-4-3-11-25-15/h1-2,5-10,15H,3-4,11-12H2,(H,23,24)/t15-/m1/s1. The zero-order valence-corrected chi connectivity index (χ0v) is 14.3. The van der Waals surface area contributed by atoms with Crippen LogP contribution in [0.2, 0.25) is 0 Å². The molecule has 0 radical (unpaired) electrons. The Labute approximate surface area is 154 Å². The van der Waals surface area contributed by atoms with E-state index in [9.17, 15) is 18.0 Å². The lowest BCUT2D eigenvalue weighted by Gasteiger charge is -2.15. The molecule has 2 aromatic carbocycles. The molecule has 1 atom stereocenters. The molecule has 0 aromatic heterocycles. The molecule has 3 rings (SSSR count). The lowest BCUT2D eigenvalue weighted by Crippen LogP contribution is -2.19.